The molecule has 2 N–H and O–H groups in total. The Morgan fingerprint density at radius 1 is 1.29 bits per heavy atom. The van der Waals surface area contributed by atoms with E-state index in [9.17, 15) is 9.18 Å². The van der Waals surface area contributed by atoms with Gasteiger partial charge in [-0.2, -0.15) is 0 Å². The summed E-state index contributed by atoms with van der Waals surface area (Å²) in [6.45, 7) is 0. The summed E-state index contributed by atoms with van der Waals surface area (Å²) in [7, 11) is 0. The van der Waals surface area contributed by atoms with Crippen LogP contribution in [0.25, 0.3) is 0 Å². The molecule has 1 aromatic heterocycles. The molecular weight excluding hydrogens is 373 g/mol. The molecule has 1 aromatic carbocycles. The van der Waals surface area contributed by atoms with E-state index in [0.717, 1.165) is 14.3 Å². The van der Waals surface area contributed by atoms with Crippen LogP contribution in [0, 0.1) is 5.82 Å². The van der Waals surface area contributed by atoms with Gasteiger partial charge in [0.05, 0.1) is 8.66 Å². The predicted octanol–water partition coefficient (Wildman–Crippen LogP) is 4.23. The fraction of sp³-hybridized carbons (Fsp3) is 0. The van der Waals surface area contributed by atoms with E-state index in [1.807, 2.05) is 0 Å². The molecule has 17 heavy (non-hydrogen) atoms. The number of carbonyl (C=O) groups excluding carboxylic acids is 1. The Bertz CT molecular complexity index is 578. The summed E-state index contributed by atoms with van der Waals surface area (Å²) in [6.07, 6.45) is 0. The second kappa shape index (κ2) is 4.88. The van der Waals surface area contributed by atoms with E-state index in [1.165, 1.54) is 23.5 Å². The van der Waals surface area contributed by atoms with Crippen molar-refractivity contribution in [1.82, 2.24) is 0 Å². The van der Waals surface area contributed by atoms with Crippen LogP contribution in [0.15, 0.2) is 32.5 Å². The van der Waals surface area contributed by atoms with Crippen LogP contribution < -0.4 is 5.73 Å². The Kier molecular flexibility index (Phi) is 3.65. The van der Waals surface area contributed by atoms with Crippen LogP contribution in [0.3, 0.4) is 0 Å². The maximum absolute atomic E-state index is 13.1. The molecule has 1 heterocycles. The topological polar surface area (TPSA) is 43.1 Å². The van der Waals surface area contributed by atoms with E-state index in [0.29, 0.717) is 4.88 Å². The van der Waals surface area contributed by atoms with E-state index < -0.39 is 5.82 Å². The Labute approximate surface area is 118 Å². The minimum absolute atomic E-state index is 0.186. The van der Waals surface area contributed by atoms with Crippen molar-refractivity contribution in [3.8, 4) is 0 Å². The zero-order valence-corrected chi connectivity index (χ0v) is 12.3. The van der Waals surface area contributed by atoms with E-state index in [4.69, 9.17) is 5.73 Å². The number of nitrogen functional groups attached to an aromatic ring is 1. The van der Waals surface area contributed by atoms with Crippen molar-refractivity contribution in [1.29, 1.82) is 0 Å². The maximum atomic E-state index is 13.1. The summed E-state index contributed by atoms with van der Waals surface area (Å²) in [5, 5.41) is 0. The molecule has 0 unspecified atom stereocenters. The van der Waals surface area contributed by atoms with Crippen molar-refractivity contribution in [2.24, 2.45) is 0 Å². The van der Waals surface area contributed by atoms with Crippen LogP contribution in [0.5, 0.6) is 0 Å². The van der Waals surface area contributed by atoms with Gasteiger partial charge in [-0.05, 0) is 56.1 Å². The summed E-state index contributed by atoms with van der Waals surface area (Å²) < 4.78 is 14.7. The minimum Gasteiger partial charge on any atom is -0.398 e. The maximum Gasteiger partial charge on any atom is 0.205 e. The van der Waals surface area contributed by atoms with Crippen LogP contribution in [0.2, 0.25) is 0 Å². The predicted molar refractivity (Wildman–Crippen MR) is 74.0 cm³/mol. The molecule has 2 rings (SSSR count). The highest BCUT2D eigenvalue weighted by Gasteiger charge is 2.17. The number of thiophene rings is 1. The number of halogens is 3. The molecule has 0 bridgehead atoms. The first kappa shape index (κ1) is 12.7. The highest BCUT2D eigenvalue weighted by atomic mass is 79.9. The second-order valence-electron chi connectivity index (χ2n) is 3.29. The molecule has 88 valence electrons. The van der Waals surface area contributed by atoms with Crippen molar-refractivity contribution in [2.45, 2.75) is 0 Å². The van der Waals surface area contributed by atoms with Gasteiger partial charge in [-0.1, -0.05) is 0 Å². The molecule has 0 spiro atoms. The van der Waals surface area contributed by atoms with Gasteiger partial charge in [-0.25, -0.2) is 4.39 Å². The number of hydrogen-bond donors (Lipinski definition) is 1. The number of nitrogens with two attached hydrogens (primary N) is 1. The second-order valence-corrected chi connectivity index (χ2v) is 6.52. The van der Waals surface area contributed by atoms with Gasteiger partial charge in [-0.3, -0.25) is 4.79 Å². The average Bonchev–Trinajstić information content (AvgIpc) is 2.62. The number of rotatable bonds is 2. The average molecular weight is 379 g/mol. The van der Waals surface area contributed by atoms with Crippen LogP contribution >= 0.6 is 43.2 Å². The van der Waals surface area contributed by atoms with Gasteiger partial charge in [0, 0.05) is 15.7 Å². The fourth-order valence-corrected chi connectivity index (χ4v) is 3.31. The number of ketones is 1. The highest BCUT2D eigenvalue weighted by molar-refractivity contribution is 9.13. The Morgan fingerprint density at radius 3 is 2.59 bits per heavy atom. The molecule has 0 saturated carbocycles. The normalized spacial score (nSPS) is 10.5. The first-order valence-corrected chi connectivity index (χ1v) is 6.94. The lowest BCUT2D eigenvalue weighted by molar-refractivity contribution is 0.104. The molecule has 6 heteroatoms. The molecule has 2 aromatic rings. The lowest BCUT2D eigenvalue weighted by Gasteiger charge is -2.02. The summed E-state index contributed by atoms with van der Waals surface area (Å²) in [4.78, 5) is 12.6. The van der Waals surface area contributed by atoms with Crippen LogP contribution in [-0.2, 0) is 0 Å². The largest absolute Gasteiger partial charge is 0.398 e. The van der Waals surface area contributed by atoms with Gasteiger partial charge in [0.1, 0.15) is 5.82 Å². The molecule has 0 atom stereocenters. The van der Waals surface area contributed by atoms with Crippen molar-refractivity contribution in [2.75, 3.05) is 5.73 Å². The zero-order valence-electron chi connectivity index (χ0n) is 8.34. The molecule has 0 saturated heterocycles. The van der Waals surface area contributed by atoms with E-state index in [1.54, 1.807) is 6.07 Å². The van der Waals surface area contributed by atoms with Crippen LogP contribution in [0.4, 0.5) is 10.1 Å². The quantitative estimate of drug-likeness (QED) is 0.627. The lowest BCUT2D eigenvalue weighted by atomic mass is 10.1. The Hall–Kier alpha value is -0.720. The van der Waals surface area contributed by atoms with E-state index in [2.05, 4.69) is 31.9 Å². The summed E-state index contributed by atoms with van der Waals surface area (Å²) in [5.41, 5.74) is 6.13. The van der Waals surface area contributed by atoms with Crippen molar-refractivity contribution in [3.05, 3.63) is 48.8 Å². The Balaban J connectivity index is 2.47. The van der Waals surface area contributed by atoms with Gasteiger partial charge in [-0.15, -0.1) is 11.3 Å². The number of hydrogen-bond acceptors (Lipinski definition) is 3. The van der Waals surface area contributed by atoms with Gasteiger partial charge >= 0.3 is 0 Å². The third-order valence-corrected chi connectivity index (χ3v) is 5.38. The van der Waals surface area contributed by atoms with E-state index in [-0.39, 0.29) is 17.0 Å². The van der Waals surface area contributed by atoms with Crippen LogP contribution in [-0.4, -0.2) is 5.78 Å². The summed E-state index contributed by atoms with van der Waals surface area (Å²) in [5.74, 6) is -0.754. The van der Waals surface area contributed by atoms with Gasteiger partial charge in [0.15, 0.2) is 0 Å². The molecule has 2 nitrogen and oxygen atoms in total. The summed E-state index contributed by atoms with van der Waals surface area (Å²) >= 11 is 7.87. The molecule has 0 aliphatic carbocycles. The molecule has 0 fully saturated rings. The van der Waals surface area contributed by atoms with Crippen molar-refractivity contribution >= 4 is 54.7 Å². The minimum atomic E-state index is -0.475. The third kappa shape index (κ3) is 2.59. The zero-order chi connectivity index (χ0) is 12.6. The number of benzene rings is 1. The van der Waals surface area contributed by atoms with Gasteiger partial charge < -0.3 is 5.73 Å². The van der Waals surface area contributed by atoms with Crippen LogP contribution in [0.1, 0.15) is 15.2 Å². The number of anilines is 1. The SMILES string of the molecule is Nc1ccc(F)cc1C(=O)c1cc(Br)c(Br)s1. The first-order chi connectivity index (χ1) is 7.99. The molecule has 0 radical (unpaired) electrons. The monoisotopic (exact) mass is 377 g/mol. The smallest absolute Gasteiger partial charge is 0.205 e. The standard InChI is InChI=1S/C11H6Br2FNOS/c12-7-4-9(17-11(7)13)10(16)6-3-5(14)1-2-8(6)15/h1-4H,15H2. The molecule has 0 aliphatic heterocycles. The molecule has 0 amide bonds. The third-order valence-electron chi connectivity index (χ3n) is 2.13. The van der Waals surface area contributed by atoms with Crippen molar-refractivity contribution in [3.63, 3.8) is 0 Å². The highest BCUT2D eigenvalue weighted by Crippen LogP contribution is 2.34. The fourth-order valence-electron chi connectivity index (χ4n) is 1.32. The van der Waals surface area contributed by atoms with E-state index >= 15 is 0 Å². The molecular formula is C11H6Br2FNOS. The molecule has 0 aliphatic rings. The number of carbonyl (C=O) groups is 1. The lowest BCUT2D eigenvalue weighted by Crippen LogP contribution is -2.04. The summed E-state index contributed by atoms with van der Waals surface area (Å²) in [6, 6.07) is 5.45. The van der Waals surface area contributed by atoms with Gasteiger partial charge in [0.2, 0.25) is 5.78 Å². The first-order valence-electron chi connectivity index (χ1n) is 4.53. The van der Waals surface area contributed by atoms with Gasteiger partial charge in [0.25, 0.3) is 0 Å². The van der Waals surface area contributed by atoms with Crippen molar-refractivity contribution < 1.29 is 9.18 Å². The Morgan fingerprint density at radius 2 is 2.00 bits per heavy atom.